The third-order valence-electron chi connectivity index (χ3n) is 4.20. The highest BCUT2D eigenvalue weighted by atomic mass is 16.6. The second-order valence-electron chi connectivity index (χ2n) is 6.26. The normalized spacial score (nSPS) is 18.6. The van der Waals surface area contributed by atoms with E-state index in [1.165, 1.54) is 21.1 Å². The minimum Gasteiger partial charge on any atom is -0.492 e. The molecule has 0 spiro atoms. The van der Waals surface area contributed by atoms with Crippen LogP contribution < -0.4 is 14.2 Å². The van der Waals surface area contributed by atoms with Crippen molar-refractivity contribution in [1.29, 1.82) is 0 Å². The van der Waals surface area contributed by atoms with E-state index in [1.54, 1.807) is 39.0 Å². The van der Waals surface area contributed by atoms with Gasteiger partial charge >= 0.3 is 5.97 Å². The smallest absolute Gasteiger partial charge is 0.333 e. The molecule has 0 saturated carbocycles. The highest BCUT2D eigenvalue weighted by molar-refractivity contribution is 5.99. The van der Waals surface area contributed by atoms with Gasteiger partial charge in [0.05, 0.1) is 19.8 Å². The van der Waals surface area contributed by atoms with Crippen molar-refractivity contribution >= 4 is 17.8 Å². The van der Waals surface area contributed by atoms with Crippen LogP contribution in [0.25, 0.3) is 6.08 Å². The Bertz CT molecular complexity index is 790. The maximum Gasteiger partial charge on any atom is 0.333 e. The zero-order valence-corrected chi connectivity index (χ0v) is 16.0. The summed E-state index contributed by atoms with van der Waals surface area (Å²) in [5.74, 6) is 0.562. The number of ether oxygens (including phenoxy) is 4. The van der Waals surface area contributed by atoms with Gasteiger partial charge in [0.1, 0.15) is 6.61 Å². The number of fused-ring (bicyclic) bond motifs is 1. The number of benzene rings is 1. The Balaban J connectivity index is 2.38. The number of Topliss-reactive ketones (excluding diaryl/α,β-unsaturated/α-hetero) is 1. The first kappa shape index (κ1) is 19.6. The molecule has 0 saturated heterocycles. The number of hydrogen-bond acceptors (Lipinski definition) is 6. The van der Waals surface area contributed by atoms with Crippen LogP contribution in [0.5, 0.6) is 17.2 Å². The predicted octanol–water partition coefficient (Wildman–Crippen LogP) is 3.58. The fourth-order valence-electron chi connectivity index (χ4n) is 2.57. The van der Waals surface area contributed by atoms with Gasteiger partial charge in [-0.1, -0.05) is 12.2 Å². The molecule has 1 unspecified atom stereocenters. The quantitative estimate of drug-likeness (QED) is 0.439. The van der Waals surface area contributed by atoms with E-state index in [4.69, 9.17) is 18.9 Å². The van der Waals surface area contributed by atoms with Gasteiger partial charge in [0.2, 0.25) is 5.75 Å². The summed E-state index contributed by atoms with van der Waals surface area (Å²) in [5, 5.41) is 0. The summed E-state index contributed by atoms with van der Waals surface area (Å²) in [6.07, 6.45) is 5.31. The van der Waals surface area contributed by atoms with Gasteiger partial charge in [-0.2, -0.15) is 0 Å². The summed E-state index contributed by atoms with van der Waals surface area (Å²) in [7, 11) is 2.95. The summed E-state index contributed by atoms with van der Waals surface area (Å²) in [6.45, 7) is 6.76. The maximum atomic E-state index is 11.9. The first-order valence-electron chi connectivity index (χ1n) is 8.24. The average Bonchev–Trinajstić information content (AvgIpc) is 2.63. The number of carbonyl (C=O) groups excluding carboxylic acids is 2. The Labute approximate surface area is 153 Å². The SMILES string of the molecule is C/C=C(\C)C(=O)OCC1(C)C=Cc2cc(C(C)=O)c(OC)c(OC)c2O1. The molecule has 140 valence electrons. The van der Waals surface area contributed by atoms with Crippen LogP contribution in [-0.4, -0.2) is 38.2 Å². The van der Waals surface area contributed by atoms with Crippen LogP contribution >= 0.6 is 0 Å². The molecular weight excluding hydrogens is 336 g/mol. The molecule has 0 N–H and O–H groups in total. The van der Waals surface area contributed by atoms with Crippen molar-refractivity contribution in [3.8, 4) is 17.2 Å². The molecule has 0 bridgehead atoms. The van der Waals surface area contributed by atoms with Gasteiger partial charge in [-0.25, -0.2) is 4.79 Å². The van der Waals surface area contributed by atoms with Crippen molar-refractivity contribution in [3.63, 3.8) is 0 Å². The number of rotatable bonds is 6. The second kappa shape index (κ2) is 7.64. The first-order chi connectivity index (χ1) is 12.3. The van der Waals surface area contributed by atoms with Crippen LogP contribution in [0.2, 0.25) is 0 Å². The van der Waals surface area contributed by atoms with Crippen molar-refractivity contribution < 1.29 is 28.5 Å². The Hall–Kier alpha value is -2.76. The molecule has 1 aliphatic heterocycles. The van der Waals surface area contributed by atoms with E-state index in [0.29, 0.717) is 33.9 Å². The molecule has 0 fully saturated rings. The Morgan fingerprint density at radius 2 is 1.85 bits per heavy atom. The lowest BCUT2D eigenvalue weighted by Gasteiger charge is -2.32. The third kappa shape index (κ3) is 3.74. The summed E-state index contributed by atoms with van der Waals surface area (Å²) in [5.41, 5.74) is 0.766. The molecule has 0 radical (unpaired) electrons. The zero-order valence-electron chi connectivity index (χ0n) is 16.0. The van der Waals surface area contributed by atoms with E-state index in [2.05, 4.69) is 0 Å². The van der Waals surface area contributed by atoms with E-state index in [0.717, 1.165) is 0 Å². The Kier molecular flexibility index (Phi) is 5.75. The molecule has 0 aliphatic carbocycles. The number of ketones is 1. The van der Waals surface area contributed by atoms with E-state index in [1.807, 2.05) is 6.08 Å². The highest BCUT2D eigenvalue weighted by Gasteiger charge is 2.34. The molecular formula is C20H24O6. The number of allylic oxidation sites excluding steroid dienone is 1. The molecule has 26 heavy (non-hydrogen) atoms. The number of carbonyl (C=O) groups is 2. The predicted molar refractivity (Wildman–Crippen MR) is 98.0 cm³/mol. The van der Waals surface area contributed by atoms with Gasteiger partial charge in [0.15, 0.2) is 22.9 Å². The van der Waals surface area contributed by atoms with Gasteiger partial charge in [-0.05, 0) is 39.8 Å². The third-order valence-corrected chi connectivity index (χ3v) is 4.20. The highest BCUT2D eigenvalue weighted by Crippen LogP contribution is 2.47. The lowest BCUT2D eigenvalue weighted by molar-refractivity contribution is -0.143. The molecule has 1 heterocycles. The molecule has 1 aromatic rings. The molecule has 1 aromatic carbocycles. The largest absolute Gasteiger partial charge is 0.492 e. The molecule has 6 nitrogen and oxygen atoms in total. The van der Waals surface area contributed by atoms with Gasteiger partial charge < -0.3 is 18.9 Å². The summed E-state index contributed by atoms with van der Waals surface area (Å²) in [4.78, 5) is 23.8. The minimum atomic E-state index is -0.868. The lowest BCUT2D eigenvalue weighted by atomic mass is 9.97. The van der Waals surface area contributed by atoms with Crippen LogP contribution in [0, 0.1) is 0 Å². The molecule has 2 rings (SSSR count). The zero-order chi connectivity index (χ0) is 19.5. The fraction of sp³-hybridized carbons (Fsp3) is 0.400. The lowest BCUT2D eigenvalue weighted by Crippen LogP contribution is -2.38. The average molecular weight is 360 g/mol. The Morgan fingerprint density at radius 3 is 2.38 bits per heavy atom. The van der Waals surface area contributed by atoms with Crippen molar-refractivity contribution in [2.24, 2.45) is 0 Å². The minimum absolute atomic E-state index is 0.0346. The van der Waals surface area contributed by atoms with E-state index < -0.39 is 11.6 Å². The van der Waals surface area contributed by atoms with E-state index >= 15 is 0 Å². The number of esters is 1. The summed E-state index contributed by atoms with van der Waals surface area (Å²) < 4.78 is 22.2. The molecule has 6 heteroatoms. The first-order valence-corrected chi connectivity index (χ1v) is 8.24. The van der Waals surface area contributed by atoms with Crippen LogP contribution in [0.4, 0.5) is 0 Å². The van der Waals surface area contributed by atoms with E-state index in [9.17, 15) is 9.59 Å². The summed E-state index contributed by atoms with van der Waals surface area (Å²) in [6, 6.07) is 1.70. The van der Waals surface area contributed by atoms with Gasteiger partial charge in [0, 0.05) is 11.1 Å². The van der Waals surface area contributed by atoms with Crippen molar-refractivity contribution in [3.05, 3.63) is 34.9 Å². The van der Waals surface area contributed by atoms with Crippen molar-refractivity contribution in [2.45, 2.75) is 33.3 Å². The standard InChI is InChI=1S/C20H24O6/c1-7-12(2)19(22)25-11-20(4)9-8-14-10-15(13(3)21)17(23-5)18(24-6)16(14)26-20/h7-10H,11H2,1-6H3/b12-7+. The van der Waals surface area contributed by atoms with Gasteiger partial charge in [0.25, 0.3) is 0 Å². The molecule has 1 atom stereocenters. The number of hydrogen-bond donors (Lipinski definition) is 0. The van der Waals surface area contributed by atoms with Gasteiger partial charge in [-0.15, -0.1) is 0 Å². The molecule has 1 aliphatic rings. The maximum absolute atomic E-state index is 11.9. The van der Waals surface area contributed by atoms with Gasteiger partial charge in [-0.3, -0.25) is 4.79 Å². The van der Waals surface area contributed by atoms with Crippen LogP contribution in [0.15, 0.2) is 23.8 Å². The number of methoxy groups -OCH3 is 2. The second-order valence-corrected chi connectivity index (χ2v) is 6.26. The van der Waals surface area contributed by atoms with Crippen molar-refractivity contribution in [2.75, 3.05) is 20.8 Å². The molecule has 0 amide bonds. The monoisotopic (exact) mass is 360 g/mol. The topological polar surface area (TPSA) is 71.1 Å². The van der Waals surface area contributed by atoms with Crippen LogP contribution in [-0.2, 0) is 9.53 Å². The van der Waals surface area contributed by atoms with Crippen molar-refractivity contribution in [1.82, 2.24) is 0 Å². The molecule has 0 aromatic heterocycles. The van der Waals surface area contributed by atoms with Crippen LogP contribution in [0.3, 0.4) is 0 Å². The Morgan fingerprint density at radius 1 is 1.19 bits per heavy atom. The van der Waals surface area contributed by atoms with E-state index in [-0.39, 0.29) is 12.4 Å². The van der Waals surface area contributed by atoms with Crippen LogP contribution in [0.1, 0.15) is 43.6 Å². The fourth-order valence-corrected chi connectivity index (χ4v) is 2.57. The summed E-state index contributed by atoms with van der Waals surface area (Å²) >= 11 is 0.